The third-order valence-electron chi connectivity index (χ3n) is 4.55. The molecule has 0 spiro atoms. The van der Waals surface area contributed by atoms with Crippen LogP contribution in [0, 0.1) is 11.3 Å². The van der Waals surface area contributed by atoms with E-state index in [-0.39, 0.29) is 0 Å². The van der Waals surface area contributed by atoms with Crippen LogP contribution in [-0.4, -0.2) is 35.6 Å². The van der Waals surface area contributed by atoms with E-state index >= 15 is 0 Å². The van der Waals surface area contributed by atoms with Gasteiger partial charge in [-0.15, -0.1) is 0 Å². The van der Waals surface area contributed by atoms with Crippen LogP contribution >= 0.6 is 0 Å². The van der Waals surface area contributed by atoms with Gasteiger partial charge in [-0.2, -0.15) is 0 Å². The molecule has 0 aliphatic heterocycles. The van der Waals surface area contributed by atoms with Crippen LogP contribution in [0.15, 0.2) is 23.7 Å². The fourth-order valence-electron chi connectivity index (χ4n) is 3.38. The van der Waals surface area contributed by atoms with Gasteiger partial charge in [0.1, 0.15) is 0 Å². The summed E-state index contributed by atoms with van der Waals surface area (Å²) in [5.74, 6) is 1.70. The number of guanidine groups is 1. The Balaban J connectivity index is 1.66. The Kier molecular flexibility index (Phi) is 6.28. The Hall–Kier alpha value is -1.52. The van der Waals surface area contributed by atoms with Crippen LogP contribution in [0.3, 0.4) is 0 Å². The van der Waals surface area contributed by atoms with Gasteiger partial charge in [-0.3, -0.25) is 4.99 Å². The van der Waals surface area contributed by atoms with Gasteiger partial charge in [0, 0.05) is 39.1 Å². The quantitative estimate of drug-likeness (QED) is 0.441. The summed E-state index contributed by atoms with van der Waals surface area (Å²) in [6.45, 7) is 7.61. The van der Waals surface area contributed by atoms with Crippen LogP contribution in [0.4, 0.5) is 0 Å². The van der Waals surface area contributed by atoms with Crippen molar-refractivity contribution in [3.63, 3.8) is 0 Å². The van der Waals surface area contributed by atoms with Crippen molar-refractivity contribution in [1.82, 2.24) is 20.2 Å². The van der Waals surface area contributed by atoms with Gasteiger partial charge < -0.3 is 15.2 Å². The lowest BCUT2D eigenvalue weighted by Crippen LogP contribution is -2.47. The van der Waals surface area contributed by atoms with Gasteiger partial charge in [-0.05, 0) is 37.0 Å². The monoisotopic (exact) mass is 305 g/mol. The number of hydrogen-bond donors (Lipinski definition) is 2. The molecule has 1 aliphatic carbocycles. The number of nitrogens with one attached hydrogen (secondary N) is 2. The van der Waals surface area contributed by atoms with E-state index in [2.05, 4.69) is 39.0 Å². The first kappa shape index (κ1) is 16.8. The maximum atomic E-state index is 4.34. The second-order valence-electron chi connectivity index (χ2n) is 6.96. The van der Waals surface area contributed by atoms with E-state index in [1.165, 1.54) is 25.7 Å². The van der Waals surface area contributed by atoms with Gasteiger partial charge in [-0.1, -0.05) is 20.3 Å². The molecular formula is C17H31N5. The number of imidazole rings is 1. The molecule has 1 saturated carbocycles. The predicted molar refractivity (Wildman–Crippen MR) is 91.9 cm³/mol. The molecule has 1 aromatic rings. The highest BCUT2D eigenvalue weighted by Gasteiger charge is 2.37. The van der Waals surface area contributed by atoms with Crippen LogP contribution < -0.4 is 10.6 Å². The molecule has 2 N–H and O–H groups in total. The van der Waals surface area contributed by atoms with E-state index in [0.717, 1.165) is 37.9 Å². The van der Waals surface area contributed by atoms with Gasteiger partial charge >= 0.3 is 0 Å². The first-order valence-corrected chi connectivity index (χ1v) is 8.54. The molecule has 1 fully saturated rings. The molecule has 0 atom stereocenters. The normalized spacial score (nSPS) is 17.4. The molecular weight excluding hydrogens is 274 g/mol. The molecule has 5 heteroatoms. The topological polar surface area (TPSA) is 54.2 Å². The Labute approximate surface area is 134 Å². The maximum Gasteiger partial charge on any atom is 0.190 e. The van der Waals surface area contributed by atoms with Crippen molar-refractivity contribution in [2.45, 2.75) is 52.5 Å². The van der Waals surface area contributed by atoms with Crippen LogP contribution in [0.25, 0.3) is 0 Å². The summed E-state index contributed by atoms with van der Waals surface area (Å²) in [6.07, 6.45) is 12.2. The Morgan fingerprint density at radius 1 is 1.36 bits per heavy atom. The fourth-order valence-corrected chi connectivity index (χ4v) is 3.38. The average molecular weight is 305 g/mol. The number of aliphatic imine (C=N–C) groups is 1. The van der Waals surface area contributed by atoms with Crippen molar-refractivity contribution in [2.24, 2.45) is 16.3 Å². The molecule has 0 saturated heterocycles. The average Bonchev–Trinajstić information content (AvgIpc) is 2.96. The molecule has 0 aromatic carbocycles. The second kappa shape index (κ2) is 8.20. The van der Waals surface area contributed by atoms with Crippen molar-refractivity contribution < 1.29 is 0 Å². The van der Waals surface area contributed by atoms with Gasteiger partial charge in [0.2, 0.25) is 0 Å². The van der Waals surface area contributed by atoms with Gasteiger partial charge in [0.05, 0.1) is 6.33 Å². The lowest BCUT2D eigenvalue weighted by molar-refractivity contribution is 0.104. The minimum absolute atomic E-state index is 0.503. The summed E-state index contributed by atoms with van der Waals surface area (Å²) in [6, 6.07) is 0. The van der Waals surface area contributed by atoms with Gasteiger partial charge in [0.15, 0.2) is 5.96 Å². The number of rotatable bonds is 8. The fraction of sp³-hybridized carbons (Fsp3) is 0.765. The largest absolute Gasteiger partial charge is 0.356 e. The zero-order valence-electron chi connectivity index (χ0n) is 14.3. The molecule has 0 radical (unpaired) electrons. The minimum atomic E-state index is 0.503. The summed E-state index contributed by atoms with van der Waals surface area (Å²) in [4.78, 5) is 8.39. The number of nitrogens with zero attached hydrogens (tertiary/aromatic N) is 3. The zero-order chi connectivity index (χ0) is 15.8. The summed E-state index contributed by atoms with van der Waals surface area (Å²) in [7, 11) is 1.85. The van der Waals surface area contributed by atoms with Crippen molar-refractivity contribution in [1.29, 1.82) is 0 Å². The standard InChI is InChI=1S/C17H31N5/c1-15(2)12-17(6-4-7-17)13-21-16(18-3)20-8-5-10-22-11-9-19-14-22/h9,11,14-15H,4-8,10,12-13H2,1-3H3,(H2,18,20,21). The van der Waals surface area contributed by atoms with E-state index in [1.807, 2.05) is 25.8 Å². The van der Waals surface area contributed by atoms with Crippen LogP contribution in [-0.2, 0) is 6.54 Å². The molecule has 0 bridgehead atoms. The third kappa shape index (κ3) is 5.04. The number of hydrogen-bond acceptors (Lipinski definition) is 2. The third-order valence-corrected chi connectivity index (χ3v) is 4.55. The number of aromatic nitrogens is 2. The van der Waals surface area contributed by atoms with E-state index in [4.69, 9.17) is 0 Å². The predicted octanol–water partition coefficient (Wildman–Crippen LogP) is 2.65. The molecule has 5 nitrogen and oxygen atoms in total. The van der Waals surface area contributed by atoms with E-state index in [9.17, 15) is 0 Å². The Morgan fingerprint density at radius 2 is 2.18 bits per heavy atom. The van der Waals surface area contributed by atoms with Gasteiger partial charge in [0.25, 0.3) is 0 Å². The highest BCUT2D eigenvalue weighted by atomic mass is 15.2. The molecule has 22 heavy (non-hydrogen) atoms. The van der Waals surface area contributed by atoms with E-state index in [1.54, 1.807) is 0 Å². The highest BCUT2D eigenvalue weighted by molar-refractivity contribution is 5.79. The van der Waals surface area contributed by atoms with E-state index in [0.29, 0.717) is 5.41 Å². The Bertz CT molecular complexity index is 446. The maximum absolute atomic E-state index is 4.34. The zero-order valence-corrected chi connectivity index (χ0v) is 14.3. The first-order chi connectivity index (χ1) is 10.6. The lowest BCUT2D eigenvalue weighted by Gasteiger charge is -2.43. The van der Waals surface area contributed by atoms with Crippen molar-refractivity contribution in [2.75, 3.05) is 20.1 Å². The molecule has 1 heterocycles. The van der Waals surface area contributed by atoms with Crippen molar-refractivity contribution >= 4 is 5.96 Å². The van der Waals surface area contributed by atoms with Crippen molar-refractivity contribution in [3.05, 3.63) is 18.7 Å². The van der Waals surface area contributed by atoms with Crippen LogP contribution in [0.1, 0.15) is 46.0 Å². The highest BCUT2D eigenvalue weighted by Crippen LogP contribution is 2.45. The summed E-state index contributed by atoms with van der Waals surface area (Å²) in [5.41, 5.74) is 0.503. The molecule has 124 valence electrons. The molecule has 1 aromatic heterocycles. The van der Waals surface area contributed by atoms with Gasteiger partial charge in [-0.25, -0.2) is 4.98 Å². The summed E-state index contributed by atoms with van der Waals surface area (Å²) in [5, 5.41) is 6.94. The van der Waals surface area contributed by atoms with Crippen LogP contribution in [0.2, 0.25) is 0 Å². The SMILES string of the molecule is CN=C(NCCCn1ccnc1)NCC1(CC(C)C)CCC1. The number of aryl methyl sites for hydroxylation is 1. The lowest BCUT2D eigenvalue weighted by atomic mass is 9.64. The molecule has 2 rings (SSSR count). The second-order valence-corrected chi connectivity index (χ2v) is 6.96. The first-order valence-electron chi connectivity index (χ1n) is 8.54. The molecule has 1 aliphatic rings. The summed E-state index contributed by atoms with van der Waals surface area (Å²) >= 11 is 0. The van der Waals surface area contributed by atoms with E-state index < -0.39 is 0 Å². The van der Waals surface area contributed by atoms with Crippen LogP contribution in [0.5, 0.6) is 0 Å². The molecule has 0 unspecified atom stereocenters. The molecule has 0 amide bonds. The Morgan fingerprint density at radius 3 is 2.73 bits per heavy atom. The summed E-state index contributed by atoms with van der Waals surface area (Å²) < 4.78 is 2.10. The van der Waals surface area contributed by atoms with Crippen molar-refractivity contribution in [3.8, 4) is 0 Å². The smallest absolute Gasteiger partial charge is 0.190 e. The minimum Gasteiger partial charge on any atom is -0.356 e.